The molecule has 0 aliphatic rings. The quantitative estimate of drug-likeness (QED) is 0.818. The molecule has 0 heterocycles. The van der Waals surface area contributed by atoms with Gasteiger partial charge in [-0.25, -0.2) is 0 Å². The van der Waals surface area contributed by atoms with Gasteiger partial charge in [0, 0.05) is 0 Å². The van der Waals surface area contributed by atoms with Gasteiger partial charge in [-0.05, 0) is 49.1 Å². The van der Waals surface area contributed by atoms with Crippen molar-refractivity contribution < 1.29 is 14.9 Å². The molecule has 0 amide bonds. The molecule has 2 unspecified atom stereocenters. The fourth-order valence-corrected chi connectivity index (χ4v) is 2.13. The van der Waals surface area contributed by atoms with Gasteiger partial charge in [0.2, 0.25) is 0 Å². The predicted molar refractivity (Wildman–Crippen MR) is 83.6 cm³/mol. The number of hydrogen-bond acceptors (Lipinski definition) is 3. The Morgan fingerprint density at radius 2 is 1.48 bits per heavy atom. The first-order chi connectivity index (χ1) is 10.2. The van der Waals surface area contributed by atoms with E-state index < -0.39 is 12.2 Å². The third-order valence-electron chi connectivity index (χ3n) is 3.49. The van der Waals surface area contributed by atoms with E-state index in [-0.39, 0.29) is 0 Å². The molecule has 2 aromatic carbocycles. The van der Waals surface area contributed by atoms with Crippen LogP contribution in [0.4, 0.5) is 0 Å². The van der Waals surface area contributed by atoms with Gasteiger partial charge >= 0.3 is 0 Å². The fraction of sp³-hybridized carbons (Fsp3) is 0.333. The van der Waals surface area contributed by atoms with Gasteiger partial charge in [0.15, 0.2) is 0 Å². The van der Waals surface area contributed by atoms with Gasteiger partial charge in [0.25, 0.3) is 0 Å². The Morgan fingerprint density at radius 3 is 2.10 bits per heavy atom. The molecule has 0 saturated heterocycles. The fourth-order valence-electron chi connectivity index (χ4n) is 2.13. The number of ether oxygens (including phenoxy) is 1. The molecule has 0 spiro atoms. The smallest absolute Gasteiger partial charge is 0.127 e. The third kappa shape index (κ3) is 4.88. The lowest BCUT2D eigenvalue weighted by molar-refractivity contribution is 0.0130. The lowest BCUT2D eigenvalue weighted by atomic mass is 10.0. The molecule has 0 aliphatic carbocycles. The van der Waals surface area contributed by atoms with E-state index in [9.17, 15) is 10.2 Å². The molecule has 0 fully saturated rings. The second-order valence-electron chi connectivity index (χ2n) is 5.14. The zero-order chi connectivity index (χ0) is 15.1. The van der Waals surface area contributed by atoms with Crippen LogP contribution in [0.2, 0.25) is 0 Å². The summed E-state index contributed by atoms with van der Waals surface area (Å²) in [5.41, 5.74) is 1.12. The van der Waals surface area contributed by atoms with Crippen molar-refractivity contribution in [3.8, 4) is 11.5 Å². The molecule has 3 heteroatoms. The SMILES string of the molecule is CCC(O)C(O)CCc1ccc(Oc2ccccc2)cc1. The number of hydrogen-bond donors (Lipinski definition) is 2. The van der Waals surface area contributed by atoms with Gasteiger partial charge in [-0.1, -0.05) is 37.3 Å². The van der Waals surface area contributed by atoms with Crippen LogP contribution >= 0.6 is 0 Å². The average Bonchev–Trinajstić information content (AvgIpc) is 2.54. The summed E-state index contributed by atoms with van der Waals surface area (Å²) in [5, 5.41) is 19.3. The summed E-state index contributed by atoms with van der Waals surface area (Å²) in [6.45, 7) is 1.86. The molecular weight excluding hydrogens is 264 g/mol. The molecule has 2 aromatic rings. The maximum absolute atomic E-state index is 9.75. The Morgan fingerprint density at radius 1 is 0.857 bits per heavy atom. The van der Waals surface area contributed by atoms with Crippen LogP contribution in [0.1, 0.15) is 25.3 Å². The standard InChI is InChI=1S/C18H22O3/c1-2-17(19)18(20)13-10-14-8-11-16(12-9-14)21-15-6-4-3-5-7-15/h3-9,11-12,17-20H,2,10,13H2,1H3. The minimum absolute atomic E-state index is 0.563. The largest absolute Gasteiger partial charge is 0.457 e. The van der Waals surface area contributed by atoms with Crippen molar-refractivity contribution in [3.63, 3.8) is 0 Å². The summed E-state index contributed by atoms with van der Waals surface area (Å²) in [4.78, 5) is 0. The minimum Gasteiger partial charge on any atom is -0.457 e. The van der Waals surface area contributed by atoms with Crippen LogP contribution in [0, 0.1) is 0 Å². The van der Waals surface area contributed by atoms with Crippen molar-refractivity contribution in [2.24, 2.45) is 0 Å². The predicted octanol–water partition coefficient (Wildman–Crippen LogP) is 3.54. The summed E-state index contributed by atoms with van der Waals surface area (Å²) in [6.07, 6.45) is 0.587. The maximum Gasteiger partial charge on any atom is 0.127 e. The minimum atomic E-state index is -0.657. The molecule has 2 N–H and O–H groups in total. The molecular formula is C18H22O3. The lowest BCUT2D eigenvalue weighted by Gasteiger charge is -2.15. The van der Waals surface area contributed by atoms with Gasteiger partial charge < -0.3 is 14.9 Å². The van der Waals surface area contributed by atoms with Crippen LogP contribution in [0.25, 0.3) is 0 Å². The summed E-state index contributed by atoms with van der Waals surface area (Å²) in [6, 6.07) is 17.5. The van der Waals surface area contributed by atoms with E-state index in [0.717, 1.165) is 23.5 Å². The van der Waals surface area contributed by atoms with Gasteiger partial charge in [0.1, 0.15) is 11.5 Å². The van der Waals surface area contributed by atoms with Crippen molar-refractivity contribution >= 4 is 0 Å². The monoisotopic (exact) mass is 286 g/mol. The molecule has 112 valence electrons. The van der Waals surface area contributed by atoms with E-state index in [1.807, 2.05) is 61.5 Å². The number of benzene rings is 2. The van der Waals surface area contributed by atoms with Gasteiger partial charge in [-0.15, -0.1) is 0 Å². The van der Waals surface area contributed by atoms with Crippen molar-refractivity contribution in [1.29, 1.82) is 0 Å². The molecule has 0 saturated carbocycles. The second kappa shape index (κ2) is 7.81. The Bertz CT molecular complexity index is 522. The third-order valence-corrected chi connectivity index (χ3v) is 3.49. The maximum atomic E-state index is 9.75. The molecule has 0 radical (unpaired) electrons. The van der Waals surface area contributed by atoms with Gasteiger partial charge in [-0.2, -0.15) is 0 Å². The van der Waals surface area contributed by atoms with Gasteiger partial charge in [-0.3, -0.25) is 0 Å². The summed E-state index contributed by atoms with van der Waals surface area (Å²) < 4.78 is 5.73. The summed E-state index contributed by atoms with van der Waals surface area (Å²) in [7, 11) is 0. The van der Waals surface area contributed by atoms with Gasteiger partial charge in [0.05, 0.1) is 12.2 Å². The summed E-state index contributed by atoms with van der Waals surface area (Å²) >= 11 is 0. The van der Waals surface area contributed by atoms with Crippen LogP contribution in [-0.2, 0) is 6.42 Å². The first kappa shape index (κ1) is 15.5. The molecule has 0 bridgehead atoms. The zero-order valence-corrected chi connectivity index (χ0v) is 12.3. The summed E-state index contributed by atoms with van der Waals surface area (Å²) in [5.74, 6) is 1.60. The molecule has 21 heavy (non-hydrogen) atoms. The zero-order valence-electron chi connectivity index (χ0n) is 12.3. The molecule has 0 aromatic heterocycles. The first-order valence-corrected chi connectivity index (χ1v) is 7.37. The number of aliphatic hydroxyl groups excluding tert-OH is 2. The number of aryl methyl sites for hydroxylation is 1. The van der Waals surface area contributed by atoms with Crippen LogP contribution in [0.15, 0.2) is 54.6 Å². The first-order valence-electron chi connectivity index (χ1n) is 7.37. The number of rotatable bonds is 7. The van der Waals surface area contributed by atoms with E-state index in [0.29, 0.717) is 12.8 Å². The van der Waals surface area contributed by atoms with Crippen LogP contribution in [0.3, 0.4) is 0 Å². The van der Waals surface area contributed by atoms with Crippen molar-refractivity contribution in [1.82, 2.24) is 0 Å². The van der Waals surface area contributed by atoms with E-state index in [1.165, 1.54) is 0 Å². The highest BCUT2D eigenvalue weighted by Crippen LogP contribution is 2.21. The number of para-hydroxylation sites is 1. The molecule has 0 aliphatic heterocycles. The van der Waals surface area contributed by atoms with Crippen LogP contribution in [0.5, 0.6) is 11.5 Å². The normalized spacial score (nSPS) is 13.7. The molecule has 3 nitrogen and oxygen atoms in total. The highest BCUT2D eigenvalue weighted by molar-refractivity contribution is 5.32. The Kier molecular flexibility index (Phi) is 5.78. The highest BCUT2D eigenvalue weighted by Gasteiger charge is 2.13. The number of aliphatic hydroxyl groups is 2. The Hall–Kier alpha value is -1.84. The van der Waals surface area contributed by atoms with Crippen LogP contribution < -0.4 is 4.74 Å². The topological polar surface area (TPSA) is 49.7 Å². The highest BCUT2D eigenvalue weighted by atomic mass is 16.5. The lowest BCUT2D eigenvalue weighted by Crippen LogP contribution is -2.25. The molecule has 2 rings (SSSR count). The van der Waals surface area contributed by atoms with E-state index >= 15 is 0 Å². The Labute approximate surface area is 125 Å². The molecule has 2 atom stereocenters. The van der Waals surface area contributed by atoms with E-state index in [2.05, 4.69) is 0 Å². The van der Waals surface area contributed by atoms with E-state index in [1.54, 1.807) is 0 Å². The van der Waals surface area contributed by atoms with Crippen LogP contribution in [-0.4, -0.2) is 22.4 Å². The van der Waals surface area contributed by atoms with E-state index in [4.69, 9.17) is 4.74 Å². The Balaban J connectivity index is 1.87. The van der Waals surface area contributed by atoms with Crippen molar-refractivity contribution in [2.75, 3.05) is 0 Å². The van der Waals surface area contributed by atoms with Crippen molar-refractivity contribution in [3.05, 3.63) is 60.2 Å². The average molecular weight is 286 g/mol. The van der Waals surface area contributed by atoms with Crippen molar-refractivity contribution in [2.45, 2.75) is 38.4 Å². The second-order valence-corrected chi connectivity index (χ2v) is 5.14.